The average molecular weight is 454 g/mol. The zero-order valence-electron chi connectivity index (χ0n) is 18.9. The highest BCUT2D eigenvalue weighted by Gasteiger charge is 2.28. The fraction of sp³-hybridized carbons (Fsp3) is 0.222. The highest BCUT2D eigenvalue weighted by Crippen LogP contribution is 2.31. The van der Waals surface area contributed by atoms with Gasteiger partial charge in [0.05, 0.1) is 17.3 Å². The summed E-state index contributed by atoms with van der Waals surface area (Å²) in [6, 6.07) is 18.9. The van der Waals surface area contributed by atoms with E-state index < -0.39 is 6.04 Å². The topological polar surface area (TPSA) is 104 Å². The van der Waals surface area contributed by atoms with Crippen molar-refractivity contribution in [2.24, 2.45) is 5.73 Å². The molecule has 172 valence electrons. The molecule has 7 heteroatoms. The molecule has 0 bridgehead atoms. The van der Waals surface area contributed by atoms with E-state index in [2.05, 4.69) is 22.9 Å². The van der Waals surface area contributed by atoms with Crippen molar-refractivity contribution >= 4 is 11.6 Å². The second kappa shape index (κ2) is 10.6. The Bertz CT molecular complexity index is 1190. The van der Waals surface area contributed by atoms with Crippen molar-refractivity contribution in [1.29, 1.82) is 5.26 Å². The number of amides is 1. The molecule has 2 aromatic carbocycles. The Morgan fingerprint density at radius 2 is 1.97 bits per heavy atom. The first-order valence-electron chi connectivity index (χ1n) is 11.2. The van der Waals surface area contributed by atoms with E-state index in [1.165, 1.54) is 12.3 Å². The first kappa shape index (κ1) is 23.0. The molecule has 1 amide bonds. The Kier molecular flexibility index (Phi) is 7.21. The first-order valence-corrected chi connectivity index (χ1v) is 11.2. The molecule has 0 spiro atoms. The van der Waals surface area contributed by atoms with Crippen molar-refractivity contribution in [1.82, 2.24) is 9.88 Å². The fourth-order valence-corrected chi connectivity index (χ4v) is 4.22. The minimum atomic E-state index is -0.497. The van der Waals surface area contributed by atoms with E-state index in [9.17, 15) is 10.1 Å². The average Bonchev–Trinajstić information content (AvgIpc) is 3.36. The van der Waals surface area contributed by atoms with Crippen molar-refractivity contribution in [3.63, 3.8) is 0 Å². The Labute approximate surface area is 199 Å². The largest absolute Gasteiger partial charge is 0.457 e. The number of hydrogen-bond acceptors (Lipinski definition) is 6. The SMILES string of the molecule is C=CC(=O)N1CCCC1CNc1c(C#N)cncc1C(N)c1ccc(Oc2ccccc2)cc1. The molecule has 2 heterocycles. The van der Waals surface area contributed by atoms with Crippen LogP contribution in [0.3, 0.4) is 0 Å². The van der Waals surface area contributed by atoms with Gasteiger partial charge in [-0.3, -0.25) is 9.78 Å². The maximum atomic E-state index is 12.1. The van der Waals surface area contributed by atoms with Gasteiger partial charge in [-0.15, -0.1) is 0 Å². The molecule has 34 heavy (non-hydrogen) atoms. The number of benzene rings is 2. The molecule has 0 aliphatic carbocycles. The summed E-state index contributed by atoms with van der Waals surface area (Å²) in [5.41, 5.74) is 9.26. The maximum absolute atomic E-state index is 12.1. The zero-order chi connectivity index (χ0) is 23.9. The van der Waals surface area contributed by atoms with E-state index in [1.807, 2.05) is 59.5 Å². The van der Waals surface area contributed by atoms with Gasteiger partial charge in [-0.25, -0.2) is 0 Å². The van der Waals surface area contributed by atoms with Crippen molar-refractivity contribution < 1.29 is 9.53 Å². The van der Waals surface area contributed by atoms with Crippen molar-refractivity contribution in [2.75, 3.05) is 18.4 Å². The molecule has 7 nitrogen and oxygen atoms in total. The number of hydrogen-bond donors (Lipinski definition) is 2. The van der Waals surface area contributed by atoms with Gasteiger partial charge in [-0.1, -0.05) is 36.9 Å². The van der Waals surface area contributed by atoms with Gasteiger partial charge in [0.15, 0.2) is 0 Å². The predicted octanol–water partition coefficient (Wildman–Crippen LogP) is 4.38. The van der Waals surface area contributed by atoms with Crippen LogP contribution < -0.4 is 15.8 Å². The van der Waals surface area contributed by atoms with Crippen LogP contribution in [0.15, 0.2) is 79.6 Å². The van der Waals surface area contributed by atoms with E-state index in [1.54, 1.807) is 6.20 Å². The van der Waals surface area contributed by atoms with Crippen LogP contribution in [-0.4, -0.2) is 34.9 Å². The number of para-hydroxylation sites is 1. The number of aromatic nitrogens is 1. The summed E-state index contributed by atoms with van der Waals surface area (Å²) < 4.78 is 5.87. The van der Waals surface area contributed by atoms with E-state index in [0.717, 1.165) is 29.7 Å². The number of carbonyl (C=O) groups is 1. The molecule has 2 unspecified atom stereocenters. The van der Waals surface area contributed by atoms with Gasteiger partial charge in [0, 0.05) is 37.1 Å². The molecule has 0 radical (unpaired) electrons. The molecule has 2 atom stereocenters. The molecule has 1 aromatic heterocycles. The lowest BCUT2D eigenvalue weighted by molar-refractivity contribution is -0.126. The summed E-state index contributed by atoms with van der Waals surface area (Å²) in [5.74, 6) is 1.39. The van der Waals surface area contributed by atoms with Gasteiger partial charge >= 0.3 is 0 Å². The lowest BCUT2D eigenvalue weighted by Crippen LogP contribution is -2.38. The van der Waals surface area contributed by atoms with E-state index in [4.69, 9.17) is 10.5 Å². The quantitative estimate of drug-likeness (QED) is 0.491. The van der Waals surface area contributed by atoms with Crippen LogP contribution in [0.5, 0.6) is 11.5 Å². The molecule has 1 fully saturated rings. The van der Waals surface area contributed by atoms with E-state index >= 15 is 0 Å². The lowest BCUT2D eigenvalue weighted by Gasteiger charge is -2.25. The normalized spacial score (nSPS) is 15.9. The van der Waals surface area contributed by atoms with Crippen LogP contribution in [0, 0.1) is 11.3 Å². The molecule has 1 aliphatic heterocycles. The number of nitrogens with zero attached hydrogens (tertiary/aromatic N) is 3. The third-order valence-electron chi connectivity index (χ3n) is 6.00. The Balaban J connectivity index is 1.53. The number of nitrogens with two attached hydrogens (primary N) is 1. The van der Waals surface area contributed by atoms with Crippen LogP contribution in [0.4, 0.5) is 5.69 Å². The smallest absolute Gasteiger partial charge is 0.246 e. The summed E-state index contributed by atoms with van der Waals surface area (Å²) in [6.45, 7) is 4.82. The molecule has 1 aliphatic rings. The van der Waals surface area contributed by atoms with Gasteiger partial charge in [0.25, 0.3) is 0 Å². The number of nitriles is 1. The summed E-state index contributed by atoms with van der Waals surface area (Å²) in [5, 5.41) is 13.1. The number of likely N-dealkylation sites (tertiary alicyclic amines) is 1. The second-order valence-corrected chi connectivity index (χ2v) is 8.14. The minimum absolute atomic E-state index is 0.0312. The molecule has 3 aromatic rings. The number of anilines is 1. The Hall–Kier alpha value is -4.15. The molecule has 1 saturated heterocycles. The Morgan fingerprint density at radius 3 is 2.68 bits per heavy atom. The number of nitrogens with one attached hydrogen (secondary N) is 1. The standard InChI is InChI=1S/C27H27N5O2/c1-2-25(33)32-14-6-7-21(32)17-31-27-20(15-28)16-30-18-24(27)26(29)19-10-12-23(13-11-19)34-22-8-4-3-5-9-22/h2-5,8-13,16,18,21,26H,1,6-7,14,17,29H2,(H,30,31). The number of carbonyl (C=O) groups excluding carboxylic acids is 1. The van der Waals surface area contributed by atoms with Gasteiger partial charge < -0.3 is 20.7 Å². The molecule has 3 N–H and O–H groups in total. The van der Waals surface area contributed by atoms with E-state index in [0.29, 0.717) is 30.1 Å². The lowest BCUT2D eigenvalue weighted by atomic mass is 9.97. The fourth-order valence-electron chi connectivity index (χ4n) is 4.22. The van der Waals surface area contributed by atoms with Gasteiger partial charge in [0.1, 0.15) is 17.6 Å². The summed E-state index contributed by atoms with van der Waals surface area (Å²) in [4.78, 5) is 18.2. The first-order chi connectivity index (χ1) is 16.6. The summed E-state index contributed by atoms with van der Waals surface area (Å²) in [7, 11) is 0. The minimum Gasteiger partial charge on any atom is -0.457 e. The van der Waals surface area contributed by atoms with Crippen molar-refractivity contribution in [3.8, 4) is 17.6 Å². The van der Waals surface area contributed by atoms with Crippen LogP contribution >= 0.6 is 0 Å². The highest BCUT2D eigenvalue weighted by molar-refractivity contribution is 5.87. The molecular weight excluding hydrogens is 426 g/mol. The van der Waals surface area contributed by atoms with Crippen LogP contribution in [-0.2, 0) is 4.79 Å². The number of pyridine rings is 1. The Morgan fingerprint density at radius 1 is 1.24 bits per heavy atom. The van der Waals surface area contributed by atoms with E-state index in [-0.39, 0.29) is 11.9 Å². The zero-order valence-corrected chi connectivity index (χ0v) is 18.9. The van der Waals surface area contributed by atoms with Crippen molar-refractivity contribution in [2.45, 2.75) is 24.9 Å². The number of rotatable bonds is 8. The van der Waals surface area contributed by atoms with Gasteiger partial charge in [-0.05, 0) is 48.7 Å². The van der Waals surface area contributed by atoms with Gasteiger partial charge in [-0.2, -0.15) is 5.26 Å². The summed E-state index contributed by atoms with van der Waals surface area (Å²) in [6.07, 6.45) is 6.39. The molecule has 0 saturated carbocycles. The van der Waals surface area contributed by atoms with Crippen molar-refractivity contribution in [3.05, 3.63) is 96.3 Å². The third kappa shape index (κ3) is 5.08. The monoisotopic (exact) mass is 453 g/mol. The molecular formula is C27H27N5O2. The predicted molar refractivity (Wildman–Crippen MR) is 131 cm³/mol. The van der Waals surface area contributed by atoms with Crippen LogP contribution in [0.2, 0.25) is 0 Å². The van der Waals surface area contributed by atoms with Crippen LogP contribution in [0.1, 0.15) is 35.6 Å². The maximum Gasteiger partial charge on any atom is 0.246 e. The summed E-state index contributed by atoms with van der Waals surface area (Å²) >= 11 is 0. The second-order valence-electron chi connectivity index (χ2n) is 8.14. The number of ether oxygens (including phenoxy) is 1. The third-order valence-corrected chi connectivity index (χ3v) is 6.00. The van der Waals surface area contributed by atoms with Gasteiger partial charge in [0.2, 0.25) is 5.91 Å². The highest BCUT2D eigenvalue weighted by atomic mass is 16.5. The van der Waals surface area contributed by atoms with Crippen LogP contribution in [0.25, 0.3) is 0 Å². The molecule has 4 rings (SSSR count).